The minimum Gasteiger partial charge on any atom is -0.480 e. The van der Waals surface area contributed by atoms with E-state index in [1.54, 1.807) is 0 Å². The number of ether oxygens (including phenoxy) is 2. The highest BCUT2D eigenvalue weighted by molar-refractivity contribution is 5.91. The minimum atomic E-state index is -0.680. The van der Waals surface area contributed by atoms with Gasteiger partial charge in [-0.15, -0.1) is 0 Å². The van der Waals surface area contributed by atoms with Gasteiger partial charge in [0.25, 0.3) is 5.91 Å². The molecule has 1 N–H and O–H groups in total. The van der Waals surface area contributed by atoms with Crippen LogP contribution in [-0.4, -0.2) is 40.1 Å². The molecule has 3 rings (SSSR count). The number of nitrogens with one attached hydrogen (secondary N) is 1. The smallest absolute Gasteiger partial charge is 0.433 e. The van der Waals surface area contributed by atoms with Gasteiger partial charge >= 0.3 is 5.88 Å². The Morgan fingerprint density at radius 2 is 2.00 bits per heavy atom. The Hall–Kier alpha value is -3.17. The molecule has 1 amide bonds. The van der Waals surface area contributed by atoms with Gasteiger partial charge in [0.2, 0.25) is 11.8 Å². The van der Waals surface area contributed by atoms with Crippen molar-refractivity contribution in [3.63, 3.8) is 0 Å². The second kappa shape index (κ2) is 7.81. The number of aromatic nitrogens is 2. The van der Waals surface area contributed by atoms with Crippen molar-refractivity contribution in [2.75, 3.05) is 7.11 Å². The summed E-state index contributed by atoms with van der Waals surface area (Å²) in [6, 6.07) is 2.42. The molecule has 0 aliphatic heterocycles. The predicted molar refractivity (Wildman–Crippen MR) is 88.1 cm³/mol. The van der Waals surface area contributed by atoms with Gasteiger partial charge in [0.05, 0.1) is 25.6 Å². The van der Waals surface area contributed by atoms with Gasteiger partial charge < -0.3 is 19.2 Å². The number of nitro groups is 1. The summed E-state index contributed by atoms with van der Waals surface area (Å²) in [5.74, 6) is -0.190. The molecule has 0 unspecified atom stereocenters. The third-order valence-corrected chi connectivity index (χ3v) is 4.09. The Labute approximate surface area is 148 Å². The van der Waals surface area contributed by atoms with Crippen LogP contribution in [0.2, 0.25) is 0 Å². The Morgan fingerprint density at radius 1 is 1.27 bits per heavy atom. The Kier molecular flexibility index (Phi) is 5.30. The third kappa shape index (κ3) is 4.26. The van der Waals surface area contributed by atoms with Crippen molar-refractivity contribution < 1.29 is 23.6 Å². The lowest BCUT2D eigenvalue weighted by atomic mass is 9.93. The standard InChI is InChI=1S/C16H18N4O6/c1-24-13-8-17-9-14(19-13)25-11-4-2-10(3-5-11)18-16(21)12-6-7-15(26-12)20(22)23/h6-11H,2-5H2,1H3,(H,18,21). The van der Waals surface area contributed by atoms with Crippen LogP contribution in [0.15, 0.2) is 28.9 Å². The third-order valence-electron chi connectivity index (χ3n) is 4.09. The fourth-order valence-corrected chi connectivity index (χ4v) is 2.79. The Bertz CT molecular complexity index is 785. The normalized spacial score (nSPS) is 19.6. The van der Waals surface area contributed by atoms with Crippen LogP contribution in [-0.2, 0) is 0 Å². The molecule has 1 saturated carbocycles. The topological polar surface area (TPSA) is 130 Å². The van der Waals surface area contributed by atoms with Gasteiger partial charge in [0.15, 0.2) is 5.76 Å². The van der Waals surface area contributed by atoms with Crippen LogP contribution in [0.1, 0.15) is 36.2 Å². The summed E-state index contributed by atoms with van der Waals surface area (Å²) >= 11 is 0. The van der Waals surface area contributed by atoms with Crippen LogP contribution in [0.3, 0.4) is 0 Å². The molecule has 1 fully saturated rings. The number of carbonyl (C=O) groups excluding carboxylic acids is 1. The molecule has 0 radical (unpaired) electrons. The second-order valence-corrected chi connectivity index (χ2v) is 5.86. The van der Waals surface area contributed by atoms with Crippen LogP contribution in [0.5, 0.6) is 11.8 Å². The highest BCUT2D eigenvalue weighted by Gasteiger charge is 2.26. The summed E-state index contributed by atoms with van der Waals surface area (Å²) in [6.07, 6.45) is 5.92. The van der Waals surface area contributed by atoms with Crippen molar-refractivity contribution in [2.45, 2.75) is 37.8 Å². The highest BCUT2D eigenvalue weighted by atomic mass is 16.6. The first kappa shape index (κ1) is 17.6. The zero-order valence-corrected chi connectivity index (χ0v) is 14.1. The number of furan rings is 1. The number of hydrogen-bond donors (Lipinski definition) is 1. The van der Waals surface area contributed by atoms with Crippen molar-refractivity contribution in [3.05, 3.63) is 40.4 Å². The van der Waals surface area contributed by atoms with Crippen molar-refractivity contribution in [1.29, 1.82) is 0 Å². The Morgan fingerprint density at radius 3 is 2.65 bits per heavy atom. The van der Waals surface area contributed by atoms with Gasteiger partial charge in [0, 0.05) is 6.04 Å². The molecule has 138 valence electrons. The van der Waals surface area contributed by atoms with Gasteiger partial charge in [-0.2, -0.15) is 4.98 Å². The van der Waals surface area contributed by atoms with E-state index in [1.807, 2.05) is 0 Å². The molecular formula is C16H18N4O6. The van der Waals surface area contributed by atoms with E-state index < -0.39 is 16.7 Å². The van der Waals surface area contributed by atoms with Gasteiger partial charge in [-0.25, -0.2) is 0 Å². The molecule has 0 bridgehead atoms. The summed E-state index contributed by atoms with van der Waals surface area (Å²) in [7, 11) is 1.51. The van der Waals surface area contributed by atoms with Crippen LogP contribution >= 0.6 is 0 Å². The maximum absolute atomic E-state index is 12.1. The van der Waals surface area contributed by atoms with Crippen molar-refractivity contribution in [2.24, 2.45) is 0 Å². The van der Waals surface area contributed by atoms with Crippen LogP contribution in [0, 0.1) is 10.1 Å². The number of rotatable bonds is 6. The zero-order chi connectivity index (χ0) is 18.5. The molecule has 26 heavy (non-hydrogen) atoms. The van der Waals surface area contributed by atoms with Gasteiger partial charge in [0.1, 0.15) is 11.0 Å². The number of hydrogen-bond acceptors (Lipinski definition) is 8. The van der Waals surface area contributed by atoms with E-state index in [2.05, 4.69) is 15.3 Å². The molecule has 0 spiro atoms. The second-order valence-electron chi connectivity index (χ2n) is 5.86. The monoisotopic (exact) mass is 362 g/mol. The van der Waals surface area contributed by atoms with Gasteiger partial charge in [-0.1, -0.05) is 0 Å². The van der Waals surface area contributed by atoms with E-state index in [9.17, 15) is 14.9 Å². The molecule has 2 aromatic heterocycles. The maximum Gasteiger partial charge on any atom is 0.433 e. The highest BCUT2D eigenvalue weighted by Crippen LogP contribution is 2.24. The summed E-state index contributed by atoms with van der Waals surface area (Å²) in [6.45, 7) is 0. The lowest BCUT2D eigenvalue weighted by Gasteiger charge is -2.28. The van der Waals surface area contributed by atoms with E-state index in [4.69, 9.17) is 13.9 Å². The van der Waals surface area contributed by atoms with E-state index in [1.165, 1.54) is 25.6 Å². The van der Waals surface area contributed by atoms with Crippen LogP contribution in [0.25, 0.3) is 0 Å². The minimum absolute atomic E-state index is 0.0192. The fraction of sp³-hybridized carbons (Fsp3) is 0.438. The van der Waals surface area contributed by atoms with Gasteiger partial charge in [-0.3, -0.25) is 19.9 Å². The molecule has 1 aliphatic rings. The number of methoxy groups -OCH3 is 1. The summed E-state index contributed by atoms with van der Waals surface area (Å²) in [4.78, 5) is 30.2. The average Bonchev–Trinajstić information content (AvgIpc) is 3.14. The molecule has 10 heteroatoms. The first-order valence-corrected chi connectivity index (χ1v) is 8.13. The number of amides is 1. The lowest BCUT2D eigenvalue weighted by Crippen LogP contribution is -2.39. The van der Waals surface area contributed by atoms with Crippen molar-refractivity contribution in [3.8, 4) is 11.8 Å². The van der Waals surface area contributed by atoms with Crippen molar-refractivity contribution in [1.82, 2.24) is 15.3 Å². The average molecular weight is 362 g/mol. The molecular weight excluding hydrogens is 344 g/mol. The van der Waals surface area contributed by atoms with E-state index in [0.717, 1.165) is 31.7 Å². The largest absolute Gasteiger partial charge is 0.480 e. The summed E-state index contributed by atoms with van der Waals surface area (Å²) < 4.78 is 15.7. The fourth-order valence-electron chi connectivity index (χ4n) is 2.79. The molecule has 1 aliphatic carbocycles. The Balaban J connectivity index is 1.48. The first-order chi connectivity index (χ1) is 12.5. The summed E-state index contributed by atoms with van der Waals surface area (Å²) in [5, 5.41) is 13.4. The molecule has 0 atom stereocenters. The number of nitrogens with zero attached hydrogens (tertiary/aromatic N) is 3. The van der Waals surface area contributed by atoms with E-state index in [0.29, 0.717) is 11.8 Å². The molecule has 2 aromatic rings. The van der Waals surface area contributed by atoms with Crippen LogP contribution < -0.4 is 14.8 Å². The summed E-state index contributed by atoms with van der Waals surface area (Å²) in [5.41, 5.74) is 0. The van der Waals surface area contributed by atoms with E-state index in [-0.39, 0.29) is 17.9 Å². The molecule has 10 nitrogen and oxygen atoms in total. The SMILES string of the molecule is COc1cncc(OC2CCC(NC(=O)c3ccc([N+](=O)[O-])o3)CC2)n1. The van der Waals surface area contributed by atoms with Crippen LogP contribution in [0.4, 0.5) is 5.88 Å². The predicted octanol–water partition coefficient (Wildman–Crippen LogP) is 2.11. The van der Waals surface area contributed by atoms with Crippen molar-refractivity contribution >= 4 is 11.8 Å². The van der Waals surface area contributed by atoms with Gasteiger partial charge in [-0.05, 0) is 31.7 Å². The maximum atomic E-state index is 12.1. The van der Waals surface area contributed by atoms with E-state index >= 15 is 0 Å². The molecule has 0 aromatic carbocycles. The lowest BCUT2D eigenvalue weighted by molar-refractivity contribution is -0.402. The molecule has 0 saturated heterocycles. The quantitative estimate of drug-likeness (QED) is 0.611. The molecule has 2 heterocycles. The first-order valence-electron chi connectivity index (χ1n) is 8.13. The zero-order valence-electron chi connectivity index (χ0n) is 14.1. The number of carbonyl (C=O) groups is 1.